The lowest BCUT2D eigenvalue weighted by Crippen LogP contribution is -2.20. The van der Waals surface area contributed by atoms with E-state index in [9.17, 15) is 0 Å². The molecule has 3 N–H and O–H groups in total. The first-order valence-electron chi connectivity index (χ1n) is 5.71. The summed E-state index contributed by atoms with van der Waals surface area (Å²) in [6.07, 6.45) is 1.60. The first-order chi connectivity index (χ1) is 8.81. The van der Waals surface area contributed by atoms with Gasteiger partial charge in [-0.1, -0.05) is 30.3 Å². The van der Waals surface area contributed by atoms with Crippen LogP contribution in [0.1, 0.15) is 17.3 Å². The highest BCUT2D eigenvalue weighted by Gasteiger charge is 2.07. The molecule has 1 atom stereocenters. The zero-order valence-corrected chi connectivity index (χ0v) is 9.88. The van der Waals surface area contributed by atoms with Gasteiger partial charge in [0.2, 0.25) is 0 Å². The molecule has 0 radical (unpaired) electrons. The molecule has 0 saturated heterocycles. The molecule has 0 fully saturated rings. The maximum absolute atomic E-state index is 8.92. The average Bonchev–Trinajstić information content (AvgIpc) is 2.46. The van der Waals surface area contributed by atoms with Crippen molar-refractivity contribution in [1.82, 2.24) is 4.98 Å². The van der Waals surface area contributed by atoms with Crippen molar-refractivity contribution in [2.75, 3.05) is 11.9 Å². The second-order valence-corrected chi connectivity index (χ2v) is 3.91. The topological polar surface area (TPSA) is 74.7 Å². The fourth-order valence-electron chi connectivity index (χ4n) is 1.68. The van der Waals surface area contributed by atoms with E-state index in [2.05, 4.69) is 10.3 Å². The van der Waals surface area contributed by atoms with E-state index in [4.69, 9.17) is 11.0 Å². The Labute approximate surface area is 106 Å². The van der Waals surface area contributed by atoms with Crippen LogP contribution in [0.25, 0.3) is 0 Å². The van der Waals surface area contributed by atoms with Crippen LogP contribution in [0.15, 0.2) is 48.7 Å². The number of nitrogens with two attached hydrogens (primary N) is 1. The van der Waals surface area contributed by atoms with Crippen molar-refractivity contribution in [3.8, 4) is 6.07 Å². The molecule has 2 aromatic rings. The summed E-state index contributed by atoms with van der Waals surface area (Å²) >= 11 is 0. The van der Waals surface area contributed by atoms with Gasteiger partial charge in [-0.25, -0.2) is 4.98 Å². The molecule has 0 saturated carbocycles. The molecule has 2 rings (SSSR count). The summed E-state index contributed by atoms with van der Waals surface area (Å²) in [5.41, 5.74) is 8.23. The number of hydrogen-bond acceptors (Lipinski definition) is 4. The van der Waals surface area contributed by atoms with Gasteiger partial charge in [0.15, 0.2) is 5.69 Å². The Bertz CT molecular complexity index is 545. The third kappa shape index (κ3) is 2.84. The van der Waals surface area contributed by atoms with E-state index in [1.807, 2.05) is 42.5 Å². The molecule has 1 unspecified atom stereocenters. The molecule has 4 heteroatoms. The average molecular weight is 238 g/mol. The summed E-state index contributed by atoms with van der Waals surface area (Å²) in [6.45, 7) is 0.560. The second kappa shape index (κ2) is 5.80. The Balaban J connectivity index is 2.02. The predicted molar refractivity (Wildman–Crippen MR) is 70.8 cm³/mol. The lowest BCUT2D eigenvalue weighted by molar-refractivity contribution is 0.764. The Morgan fingerprint density at radius 1 is 1.22 bits per heavy atom. The molecule has 1 aromatic heterocycles. The van der Waals surface area contributed by atoms with E-state index in [0.717, 1.165) is 5.56 Å². The van der Waals surface area contributed by atoms with Crippen LogP contribution in [0.5, 0.6) is 0 Å². The lowest BCUT2D eigenvalue weighted by Gasteiger charge is -2.14. The molecule has 0 spiro atoms. The zero-order valence-electron chi connectivity index (χ0n) is 9.88. The fraction of sp³-hybridized carbons (Fsp3) is 0.143. The minimum Gasteiger partial charge on any atom is -0.381 e. The van der Waals surface area contributed by atoms with Gasteiger partial charge in [0, 0.05) is 18.8 Å². The lowest BCUT2D eigenvalue weighted by atomic mass is 10.1. The van der Waals surface area contributed by atoms with E-state index in [0.29, 0.717) is 17.9 Å². The summed E-state index contributed by atoms with van der Waals surface area (Å²) in [7, 11) is 0. The molecular formula is C14H14N4. The Morgan fingerprint density at radius 3 is 2.72 bits per heavy atom. The van der Waals surface area contributed by atoms with Crippen LogP contribution in [0.4, 0.5) is 5.69 Å². The van der Waals surface area contributed by atoms with Crippen molar-refractivity contribution in [3.05, 3.63) is 59.9 Å². The summed E-state index contributed by atoms with van der Waals surface area (Å²) in [6, 6.07) is 15.4. The number of aromatic nitrogens is 1. The number of hydrogen-bond donors (Lipinski definition) is 2. The van der Waals surface area contributed by atoms with Gasteiger partial charge >= 0.3 is 0 Å². The van der Waals surface area contributed by atoms with Crippen molar-refractivity contribution in [3.63, 3.8) is 0 Å². The maximum Gasteiger partial charge on any atom is 0.163 e. The van der Waals surface area contributed by atoms with Gasteiger partial charge in [0.05, 0.1) is 5.69 Å². The molecule has 0 amide bonds. The Kier molecular flexibility index (Phi) is 3.90. The fourth-order valence-corrected chi connectivity index (χ4v) is 1.68. The van der Waals surface area contributed by atoms with Crippen LogP contribution >= 0.6 is 0 Å². The number of benzene rings is 1. The third-order valence-electron chi connectivity index (χ3n) is 2.65. The first-order valence-corrected chi connectivity index (χ1v) is 5.71. The summed E-state index contributed by atoms with van der Waals surface area (Å²) in [4.78, 5) is 3.98. The van der Waals surface area contributed by atoms with Crippen molar-refractivity contribution in [1.29, 1.82) is 5.26 Å². The van der Waals surface area contributed by atoms with E-state index >= 15 is 0 Å². The quantitative estimate of drug-likeness (QED) is 0.855. The van der Waals surface area contributed by atoms with Crippen LogP contribution in [0.2, 0.25) is 0 Å². The predicted octanol–water partition coefficient (Wildman–Crippen LogP) is 2.07. The Hall–Kier alpha value is -2.38. The van der Waals surface area contributed by atoms with Crippen LogP contribution in [-0.4, -0.2) is 11.5 Å². The van der Waals surface area contributed by atoms with Gasteiger partial charge in [-0.2, -0.15) is 5.26 Å². The third-order valence-corrected chi connectivity index (χ3v) is 2.65. The van der Waals surface area contributed by atoms with Crippen molar-refractivity contribution < 1.29 is 0 Å². The molecule has 0 aliphatic heterocycles. The van der Waals surface area contributed by atoms with Crippen molar-refractivity contribution in [2.45, 2.75) is 6.04 Å². The molecule has 4 nitrogen and oxygen atoms in total. The molecule has 90 valence electrons. The smallest absolute Gasteiger partial charge is 0.163 e. The zero-order chi connectivity index (χ0) is 12.8. The van der Waals surface area contributed by atoms with Gasteiger partial charge < -0.3 is 11.1 Å². The van der Waals surface area contributed by atoms with Gasteiger partial charge in [0.25, 0.3) is 0 Å². The summed E-state index contributed by atoms with van der Waals surface area (Å²) in [5, 5.41) is 12.1. The van der Waals surface area contributed by atoms with Gasteiger partial charge in [0.1, 0.15) is 6.07 Å². The monoisotopic (exact) mass is 238 g/mol. The van der Waals surface area contributed by atoms with Gasteiger partial charge in [-0.05, 0) is 17.7 Å². The van der Waals surface area contributed by atoms with E-state index in [-0.39, 0.29) is 6.04 Å². The van der Waals surface area contributed by atoms with Crippen LogP contribution in [0.3, 0.4) is 0 Å². The second-order valence-electron chi connectivity index (χ2n) is 3.91. The number of nitrogens with zero attached hydrogens (tertiary/aromatic N) is 2. The first kappa shape index (κ1) is 12.1. The van der Waals surface area contributed by atoms with E-state index in [1.54, 1.807) is 12.3 Å². The van der Waals surface area contributed by atoms with Crippen LogP contribution in [0, 0.1) is 11.3 Å². The molecule has 0 aliphatic carbocycles. The van der Waals surface area contributed by atoms with Crippen LogP contribution in [-0.2, 0) is 0 Å². The summed E-state index contributed by atoms with van der Waals surface area (Å²) in [5.74, 6) is 0. The standard InChI is InChI=1S/C14H14N4/c15-9-14-13(7-4-8-17-14)18-10-12(16)11-5-2-1-3-6-11/h1-8,12,18H,10,16H2. The minimum atomic E-state index is -0.113. The SMILES string of the molecule is N#Cc1ncccc1NCC(N)c1ccccc1. The molecule has 0 bridgehead atoms. The maximum atomic E-state index is 8.92. The normalized spacial score (nSPS) is 11.6. The van der Waals surface area contributed by atoms with Crippen LogP contribution < -0.4 is 11.1 Å². The number of anilines is 1. The molecule has 1 aromatic carbocycles. The highest BCUT2D eigenvalue weighted by atomic mass is 14.9. The number of nitrogens with one attached hydrogen (secondary N) is 1. The molecule has 0 aliphatic rings. The highest BCUT2D eigenvalue weighted by Crippen LogP contribution is 2.14. The minimum absolute atomic E-state index is 0.113. The van der Waals surface area contributed by atoms with Gasteiger partial charge in [-0.15, -0.1) is 0 Å². The summed E-state index contributed by atoms with van der Waals surface area (Å²) < 4.78 is 0. The van der Waals surface area contributed by atoms with Crippen molar-refractivity contribution in [2.24, 2.45) is 5.73 Å². The van der Waals surface area contributed by atoms with E-state index in [1.165, 1.54) is 0 Å². The molecular weight excluding hydrogens is 224 g/mol. The molecule has 1 heterocycles. The van der Waals surface area contributed by atoms with Crippen molar-refractivity contribution >= 4 is 5.69 Å². The number of rotatable bonds is 4. The van der Waals surface area contributed by atoms with E-state index < -0.39 is 0 Å². The largest absolute Gasteiger partial charge is 0.381 e. The Morgan fingerprint density at radius 2 is 2.00 bits per heavy atom. The highest BCUT2D eigenvalue weighted by molar-refractivity contribution is 5.53. The number of pyridine rings is 1. The van der Waals surface area contributed by atoms with Gasteiger partial charge in [-0.3, -0.25) is 0 Å². The number of nitriles is 1. The molecule has 18 heavy (non-hydrogen) atoms.